The van der Waals surface area contributed by atoms with Crippen LogP contribution in [0.1, 0.15) is 5.56 Å². The zero-order valence-electron chi connectivity index (χ0n) is 13.6. The average molecular weight is 362 g/mol. The third-order valence-corrected chi connectivity index (χ3v) is 3.53. The van der Waals surface area contributed by atoms with Gasteiger partial charge in [0.05, 0.1) is 19.8 Å². The van der Waals surface area contributed by atoms with Crippen molar-refractivity contribution in [2.45, 2.75) is 0 Å². The van der Waals surface area contributed by atoms with Crippen LogP contribution in [0.4, 0.5) is 5.69 Å². The van der Waals surface area contributed by atoms with E-state index in [1.54, 1.807) is 36.4 Å². The summed E-state index contributed by atoms with van der Waals surface area (Å²) < 4.78 is 10.2. The Labute approximate surface area is 149 Å². The number of carbonyl (C=O) groups excluding carboxylic acids is 2. The number of hydrogen-bond acceptors (Lipinski definition) is 5. The molecule has 0 saturated heterocycles. The molecule has 0 spiro atoms. The van der Waals surface area contributed by atoms with Gasteiger partial charge in [-0.05, 0) is 42.5 Å². The molecule has 0 aliphatic heterocycles. The number of amides is 1. The first kappa shape index (κ1) is 18.4. The van der Waals surface area contributed by atoms with Gasteiger partial charge in [-0.25, -0.2) is 0 Å². The molecule has 0 fully saturated rings. The van der Waals surface area contributed by atoms with Crippen LogP contribution in [0.2, 0.25) is 5.02 Å². The summed E-state index contributed by atoms with van der Waals surface area (Å²) in [6.45, 7) is 0. The molecule has 25 heavy (non-hydrogen) atoms. The van der Waals surface area contributed by atoms with Crippen LogP contribution in [0, 0.1) is 0 Å². The lowest BCUT2D eigenvalue weighted by molar-refractivity contribution is -0.131. The summed E-state index contributed by atoms with van der Waals surface area (Å²) in [6, 6.07) is 11.0. The smallest absolute Gasteiger partial charge is 0.296 e. The number of halogens is 1. The van der Waals surface area contributed by atoms with Crippen molar-refractivity contribution in [1.29, 1.82) is 0 Å². The number of benzene rings is 2. The summed E-state index contributed by atoms with van der Waals surface area (Å²) in [4.78, 5) is 23.9. The van der Waals surface area contributed by atoms with Gasteiger partial charge < -0.3 is 19.9 Å². The van der Waals surface area contributed by atoms with Crippen molar-refractivity contribution in [1.82, 2.24) is 0 Å². The normalized spacial score (nSPS) is 10.9. The highest BCUT2D eigenvalue weighted by Crippen LogP contribution is 2.28. The fourth-order valence-electron chi connectivity index (χ4n) is 2.01. The number of hydrogen-bond donors (Lipinski definition) is 2. The molecule has 0 aromatic heterocycles. The molecular weight excluding hydrogens is 346 g/mol. The highest BCUT2D eigenvalue weighted by atomic mass is 35.5. The van der Waals surface area contributed by atoms with E-state index in [1.807, 2.05) is 0 Å². The van der Waals surface area contributed by atoms with E-state index in [2.05, 4.69) is 5.32 Å². The molecule has 7 heteroatoms. The molecule has 2 N–H and O–H groups in total. The first-order chi connectivity index (χ1) is 11.9. The highest BCUT2D eigenvalue weighted by molar-refractivity contribution is 6.45. The van der Waals surface area contributed by atoms with Crippen LogP contribution >= 0.6 is 11.6 Å². The molecule has 0 saturated carbocycles. The molecule has 0 aliphatic carbocycles. The molecule has 1 amide bonds. The number of anilines is 1. The van der Waals surface area contributed by atoms with E-state index in [-0.39, 0.29) is 5.56 Å². The molecule has 0 radical (unpaired) electrons. The van der Waals surface area contributed by atoms with Crippen molar-refractivity contribution < 1.29 is 24.2 Å². The second-order valence-electron chi connectivity index (χ2n) is 4.92. The average Bonchev–Trinajstić information content (AvgIpc) is 2.62. The molecule has 130 valence electrons. The monoisotopic (exact) mass is 361 g/mol. The Balaban J connectivity index is 2.19. The Hall–Kier alpha value is -2.99. The van der Waals surface area contributed by atoms with Gasteiger partial charge in [0, 0.05) is 16.8 Å². The summed E-state index contributed by atoms with van der Waals surface area (Å²) in [5.41, 5.74) is 0.643. The fraction of sp³-hybridized carbons (Fsp3) is 0.111. The van der Waals surface area contributed by atoms with Gasteiger partial charge >= 0.3 is 0 Å². The number of aliphatic hydroxyl groups is 1. The molecule has 0 aliphatic rings. The Morgan fingerprint density at radius 1 is 1.08 bits per heavy atom. The van der Waals surface area contributed by atoms with E-state index >= 15 is 0 Å². The zero-order chi connectivity index (χ0) is 18.4. The molecule has 0 unspecified atom stereocenters. The van der Waals surface area contributed by atoms with E-state index in [4.69, 9.17) is 21.1 Å². The van der Waals surface area contributed by atoms with Crippen LogP contribution in [0.5, 0.6) is 11.5 Å². The van der Waals surface area contributed by atoms with E-state index in [9.17, 15) is 14.7 Å². The van der Waals surface area contributed by atoms with E-state index in [0.29, 0.717) is 22.2 Å². The largest absolute Gasteiger partial charge is 0.507 e. The van der Waals surface area contributed by atoms with E-state index < -0.39 is 17.4 Å². The predicted molar refractivity (Wildman–Crippen MR) is 95.2 cm³/mol. The van der Waals surface area contributed by atoms with Crippen LogP contribution in [0.25, 0.3) is 5.76 Å². The quantitative estimate of drug-likeness (QED) is 0.467. The van der Waals surface area contributed by atoms with Crippen LogP contribution in [0.15, 0.2) is 48.5 Å². The van der Waals surface area contributed by atoms with Gasteiger partial charge in [-0.2, -0.15) is 0 Å². The number of aliphatic hydroxyl groups excluding tert-OH is 1. The Bertz CT molecular complexity index is 815. The topological polar surface area (TPSA) is 84.9 Å². The minimum absolute atomic E-state index is 0.231. The van der Waals surface area contributed by atoms with Gasteiger partial charge in [-0.15, -0.1) is 0 Å². The first-order valence-electron chi connectivity index (χ1n) is 7.18. The minimum Gasteiger partial charge on any atom is -0.507 e. The molecule has 0 heterocycles. The molecule has 0 atom stereocenters. The van der Waals surface area contributed by atoms with Crippen molar-refractivity contribution in [3.05, 3.63) is 59.1 Å². The van der Waals surface area contributed by atoms with Crippen LogP contribution in [-0.2, 0) is 9.59 Å². The predicted octanol–water partition coefficient (Wildman–Crippen LogP) is 3.46. The SMILES string of the molecule is COc1ccc(OC)c(C(O)=CC(=O)C(=O)Nc2ccc(Cl)cc2)c1. The van der Waals surface area contributed by atoms with Crippen molar-refractivity contribution in [3.63, 3.8) is 0 Å². The molecule has 0 bridgehead atoms. The second kappa shape index (κ2) is 8.21. The maximum Gasteiger partial charge on any atom is 0.296 e. The summed E-state index contributed by atoms with van der Waals surface area (Å²) in [5.74, 6) is -1.42. The van der Waals surface area contributed by atoms with Crippen LogP contribution < -0.4 is 14.8 Å². The van der Waals surface area contributed by atoms with Crippen molar-refractivity contribution in [3.8, 4) is 11.5 Å². The van der Waals surface area contributed by atoms with Crippen molar-refractivity contribution >= 4 is 34.7 Å². The maximum atomic E-state index is 12.0. The number of carbonyl (C=O) groups is 2. The third-order valence-electron chi connectivity index (χ3n) is 3.28. The second-order valence-corrected chi connectivity index (χ2v) is 5.36. The van der Waals surface area contributed by atoms with E-state index in [0.717, 1.165) is 6.08 Å². The molecule has 2 rings (SSSR count). The van der Waals surface area contributed by atoms with Gasteiger partial charge in [0.2, 0.25) is 5.78 Å². The third kappa shape index (κ3) is 4.74. The molecule has 2 aromatic rings. The summed E-state index contributed by atoms with van der Waals surface area (Å²) in [5, 5.41) is 13.1. The van der Waals surface area contributed by atoms with Gasteiger partial charge in [-0.3, -0.25) is 9.59 Å². The van der Waals surface area contributed by atoms with Crippen molar-refractivity contribution in [2.24, 2.45) is 0 Å². The van der Waals surface area contributed by atoms with E-state index in [1.165, 1.54) is 20.3 Å². The number of rotatable bonds is 6. The lowest BCUT2D eigenvalue weighted by Gasteiger charge is -2.09. The summed E-state index contributed by atoms with van der Waals surface area (Å²) >= 11 is 5.76. The van der Waals surface area contributed by atoms with Crippen LogP contribution in [0.3, 0.4) is 0 Å². The lowest BCUT2D eigenvalue weighted by atomic mass is 10.1. The summed E-state index contributed by atoms with van der Waals surface area (Å²) in [7, 11) is 2.89. The fourth-order valence-corrected chi connectivity index (χ4v) is 2.13. The Kier molecular flexibility index (Phi) is 6.03. The van der Waals surface area contributed by atoms with Gasteiger partial charge in [0.15, 0.2) is 0 Å². The minimum atomic E-state index is -0.919. The number of ketones is 1. The lowest BCUT2D eigenvalue weighted by Crippen LogP contribution is -2.21. The van der Waals surface area contributed by atoms with Crippen molar-refractivity contribution in [2.75, 3.05) is 19.5 Å². The van der Waals surface area contributed by atoms with Crippen LogP contribution in [-0.4, -0.2) is 31.0 Å². The maximum absolute atomic E-state index is 12.0. The van der Waals surface area contributed by atoms with Gasteiger partial charge in [-0.1, -0.05) is 11.6 Å². The van der Waals surface area contributed by atoms with Gasteiger partial charge in [0.25, 0.3) is 5.91 Å². The molecule has 2 aromatic carbocycles. The summed E-state index contributed by atoms with van der Waals surface area (Å²) in [6.07, 6.45) is 0.822. The Morgan fingerprint density at radius 2 is 1.76 bits per heavy atom. The first-order valence-corrected chi connectivity index (χ1v) is 7.56. The Morgan fingerprint density at radius 3 is 2.36 bits per heavy atom. The standard InChI is InChI=1S/C18H16ClNO5/c1-24-13-7-8-17(25-2)14(9-13)15(21)10-16(22)18(23)20-12-5-3-11(19)4-6-12/h3-10,21H,1-2H3,(H,20,23). The zero-order valence-corrected chi connectivity index (χ0v) is 14.3. The number of nitrogens with one attached hydrogen (secondary N) is 1. The number of ether oxygens (including phenoxy) is 2. The molecule has 6 nitrogen and oxygen atoms in total. The molecular formula is C18H16ClNO5. The highest BCUT2D eigenvalue weighted by Gasteiger charge is 2.16. The van der Waals surface area contributed by atoms with Gasteiger partial charge in [0.1, 0.15) is 17.3 Å². The number of methoxy groups -OCH3 is 2.